The normalized spacial score (nSPS) is 11.8. The van der Waals surface area contributed by atoms with Crippen molar-refractivity contribution in [3.05, 3.63) is 124 Å². The van der Waals surface area contributed by atoms with Gasteiger partial charge >= 0.3 is 0 Å². The van der Waals surface area contributed by atoms with Gasteiger partial charge in [0.15, 0.2) is 0 Å². The molecule has 0 spiro atoms. The lowest BCUT2D eigenvalue weighted by atomic mass is 9.91. The second kappa shape index (κ2) is 9.77. The van der Waals surface area contributed by atoms with Gasteiger partial charge in [0.1, 0.15) is 0 Å². The first kappa shape index (κ1) is 21.7. The summed E-state index contributed by atoms with van der Waals surface area (Å²) in [5, 5.41) is 8.95. The summed E-state index contributed by atoms with van der Waals surface area (Å²) in [7, 11) is 0. The molecule has 0 aliphatic carbocycles. The number of anilines is 1. The molecule has 6 heteroatoms. The molecule has 1 atom stereocenters. The van der Waals surface area contributed by atoms with E-state index in [-0.39, 0.29) is 17.7 Å². The highest BCUT2D eigenvalue weighted by Crippen LogP contribution is 2.30. The van der Waals surface area contributed by atoms with Crippen molar-refractivity contribution < 1.29 is 9.59 Å². The van der Waals surface area contributed by atoms with Crippen molar-refractivity contribution >= 4 is 39.7 Å². The third-order valence-electron chi connectivity index (χ3n) is 5.79. The predicted molar refractivity (Wildman–Crippen MR) is 138 cm³/mol. The highest BCUT2D eigenvalue weighted by Gasteiger charge is 2.19. The Hall–Kier alpha value is -4.16. The molecule has 5 rings (SSSR count). The summed E-state index contributed by atoms with van der Waals surface area (Å²) < 4.78 is 0. The maximum absolute atomic E-state index is 13.1. The number of fused-ring (bicyclic) bond motifs is 1. The zero-order chi connectivity index (χ0) is 23.3. The highest BCUT2D eigenvalue weighted by molar-refractivity contribution is 7.12. The monoisotopic (exact) mass is 465 g/mol. The molecule has 0 aliphatic heterocycles. The quantitative estimate of drug-likeness (QED) is 0.274. The van der Waals surface area contributed by atoms with Gasteiger partial charge in [0.05, 0.1) is 4.88 Å². The zero-order valence-electron chi connectivity index (χ0n) is 18.3. The van der Waals surface area contributed by atoms with E-state index in [1.165, 1.54) is 11.3 Å². The highest BCUT2D eigenvalue weighted by atomic mass is 32.1. The Morgan fingerprint density at radius 3 is 2.50 bits per heavy atom. The Labute approximate surface area is 201 Å². The number of benzene rings is 3. The number of para-hydroxylation sites is 1. The van der Waals surface area contributed by atoms with Gasteiger partial charge in [-0.1, -0.05) is 60.7 Å². The molecule has 2 aromatic heterocycles. The fraction of sp³-hybridized carbons (Fsp3) is 0.0714. The molecule has 5 nitrogen and oxygen atoms in total. The fourth-order valence-electron chi connectivity index (χ4n) is 4.11. The van der Waals surface area contributed by atoms with Gasteiger partial charge in [0.2, 0.25) is 0 Å². The summed E-state index contributed by atoms with van der Waals surface area (Å²) >= 11 is 1.38. The van der Waals surface area contributed by atoms with Crippen molar-refractivity contribution in [2.45, 2.75) is 5.92 Å². The Balaban J connectivity index is 1.35. The van der Waals surface area contributed by atoms with Crippen LogP contribution in [-0.4, -0.2) is 23.3 Å². The minimum absolute atomic E-state index is 0.0111. The van der Waals surface area contributed by atoms with E-state index < -0.39 is 0 Å². The summed E-state index contributed by atoms with van der Waals surface area (Å²) in [4.78, 5) is 29.4. The summed E-state index contributed by atoms with van der Waals surface area (Å²) in [6, 6.07) is 29.0. The number of carbonyl (C=O) groups is 2. The largest absolute Gasteiger partial charge is 0.361 e. The lowest BCUT2D eigenvalue weighted by Crippen LogP contribution is -2.29. The van der Waals surface area contributed by atoms with E-state index in [1.54, 1.807) is 30.3 Å². The average molecular weight is 466 g/mol. The van der Waals surface area contributed by atoms with Crippen LogP contribution in [0.25, 0.3) is 10.9 Å². The Morgan fingerprint density at radius 1 is 0.853 bits per heavy atom. The molecule has 2 heterocycles. The van der Waals surface area contributed by atoms with Crippen LogP contribution in [0.2, 0.25) is 0 Å². The number of rotatable bonds is 7. The molecule has 0 aliphatic rings. The molecular weight excluding hydrogens is 442 g/mol. The first-order chi connectivity index (χ1) is 16.7. The summed E-state index contributed by atoms with van der Waals surface area (Å²) in [6.07, 6.45) is 2.02. The van der Waals surface area contributed by atoms with Crippen molar-refractivity contribution in [3.63, 3.8) is 0 Å². The van der Waals surface area contributed by atoms with Crippen LogP contribution in [0.1, 0.15) is 37.1 Å². The molecule has 34 heavy (non-hydrogen) atoms. The van der Waals surface area contributed by atoms with Gasteiger partial charge < -0.3 is 15.6 Å². The van der Waals surface area contributed by atoms with Crippen molar-refractivity contribution in [3.8, 4) is 0 Å². The predicted octanol–water partition coefficient (Wildman–Crippen LogP) is 6.04. The standard InChI is InChI=1S/C28H23N3O2S/c32-27(20-10-6-11-21(16-20)31-28(33)26-14-7-15-34-26)30-17-23(19-8-2-1-3-9-19)24-18-29-25-13-5-4-12-22(24)25/h1-16,18,23,29H,17H2,(H,30,32)(H,31,33). The average Bonchev–Trinajstić information content (AvgIpc) is 3.56. The van der Waals surface area contributed by atoms with Crippen LogP contribution >= 0.6 is 11.3 Å². The Bertz CT molecular complexity index is 1420. The molecule has 3 N–H and O–H groups in total. The number of amides is 2. The molecular formula is C28H23N3O2S. The molecule has 3 aromatic carbocycles. The molecule has 0 saturated carbocycles. The number of thiophene rings is 1. The molecule has 2 amide bonds. The summed E-state index contributed by atoms with van der Waals surface area (Å²) in [5.41, 5.74) is 4.42. The lowest BCUT2D eigenvalue weighted by Gasteiger charge is -2.18. The van der Waals surface area contributed by atoms with Crippen molar-refractivity contribution in [2.75, 3.05) is 11.9 Å². The number of hydrogen-bond donors (Lipinski definition) is 3. The van der Waals surface area contributed by atoms with E-state index in [9.17, 15) is 9.59 Å². The molecule has 0 radical (unpaired) electrons. The molecule has 0 fully saturated rings. The first-order valence-corrected chi connectivity index (χ1v) is 11.9. The van der Waals surface area contributed by atoms with Crippen molar-refractivity contribution in [1.82, 2.24) is 10.3 Å². The van der Waals surface area contributed by atoms with Crippen LogP contribution in [-0.2, 0) is 0 Å². The van der Waals surface area contributed by atoms with E-state index >= 15 is 0 Å². The van der Waals surface area contributed by atoms with Gasteiger partial charge in [-0.05, 0) is 46.8 Å². The van der Waals surface area contributed by atoms with E-state index in [0.29, 0.717) is 22.7 Å². The second-order valence-corrected chi connectivity index (χ2v) is 8.92. The molecule has 0 bridgehead atoms. The van der Waals surface area contributed by atoms with E-state index in [0.717, 1.165) is 22.0 Å². The smallest absolute Gasteiger partial charge is 0.265 e. The van der Waals surface area contributed by atoms with Crippen molar-refractivity contribution in [2.24, 2.45) is 0 Å². The van der Waals surface area contributed by atoms with Gasteiger partial charge in [-0.25, -0.2) is 0 Å². The number of nitrogens with one attached hydrogen (secondary N) is 3. The minimum Gasteiger partial charge on any atom is -0.361 e. The van der Waals surface area contributed by atoms with Gasteiger partial charge in [-0.2, -0.15) is 0 Å². The molecule has 168 valence electrons. The van der Waals surface area contributed by atoms with Crippen LogP contribution < -0.4 is 10.6 Å². The van der Waals surface area contributed by atoms with Gasteiger partial charge in [0, 0.05) is 40.8 Å². The van der Waals surface area contributed by atoms with Crippen LogP contribution in [0, 0.1) is 0 Å². The van der Waals surface area contributed by atoms with Crippen LogP contribution in [0.4, 0.5) is 5.69 Å². The van der Waals surface area contributed by atoms with E-state index in [1.807, 2.05) is 48.0 Å². The number of aromatic amines is 1. The zero-order valence-corrected chi connectivity index (χ0v) is 19.1. The molecule has 1 unspecified atom stereocenters. The maximum atomic E-state index is 13.1. The molecule has 0 saturated heterocycles. The van der Waals surface area contributed by atoms with E-state index in [2.05, 4.69) is 39.9 Å². The van der Waals surface area contributed by atoms with Gasteiger partial charge in [0.25, 0.3) is 11.8 Å². The van der Waals surface area contributed by atoms with E-state index in [4.69, 9.17) is 0 Å². The third-order valence-corrected chi connectivity index (χ3v) is 6.66. The van der Waals surface area contributed by atoms with Crippen LogP contribution in [0.15, 0.2) is 103 Å². The van der Waals surface area contributed by atoms with Gasteiger partial charge in [-0.3, -0.25) is 9.59 Å². The summed E-state index contributed by atoms with van der Waals surface area (Å²) in [5.74, 6) is -0.382. The fourth-order valence-corrected chi connectivity index (χ4v) is 4.73. The number of hydrogen-bond acceptors (Lipinski definition) is 3. The van der Waals surface area contributed by atoms with Gasteiger partial charge in [-0.15, -0.1) is 11.3 Å². The minimum atomic E-state index is -0.187. The number of aromatic nitrogens is 1. The first-order valence-electron chi connectivity index (χ1n) is 11.0. The van der Waals surface area contributed by atoms with Crippen molar-refractivity contribution in [1.29, 1.82) is 0 Å². The third kappa shape index (κ3) is 4.63. The Morgan fingerprint density at radius 2 is 1.68 bits per heavy atom. The Kier molecular flexibility index (Phi) is 6.23. The number of H-pyrrole nitrogens is 1. The van der Waals surface area contributed by atoms with Crippen LogP contribution in [0.5, 0.6) is 0 Å². The maximum Gasteiger partial charge on any atom is 0.265 e. The SMILES string of the molecule is O=C(NCC(c1ccccc1)c1c[nH]c2ccccc12)c1cccc(NC(=O)c2cccs2)c1. The second-order valence-electron chi connectivity index (χ2n) is 7.98. The topological polar surface area (TPSA) is 74.0 Å². The summed E-state index contributed by atoms with van der Waals surface area (Å²) in [6.45, 7) is 0.441. The van der Waals surface area contributed by atoms with Crippen LogP contribution in [0.3, 0.4) is 0 Å². The lowest BCUT2D eigenvalue weighted by molar-refractivity contribution is 0.0951. The number of carbonyl (C=O) groups excluding carboxylic acids is 2. The molecule has 5 aromatic rings.